The molecule has 0 aliphatic heterocycles. The maximum absolute atomic E-state index is 9.51. The summed E-state index contributed by atoms with van der Waals surface area (Å²) < 4.78 is 5.11. The van der Waals surface area contributed by atoms with Crippen LogP contribution in [-0.2, 0) is 4.74 Å². The Labute approximate surface area is 91.1 Å². The topological polar surface area (TPSA) is 41.5 Å². The molecule has 0 fully saturated rings. The molecule has 1 aromatic carbocycles. The van der Waals surface area contributed by atoms with Gasteiger partial charge < -0.3 is 15.2 Å². The first-order valence-corrected chi connectivity index (χ1v) is 5.28. The van der Waals surface area contributed by atoms with Crippen molar-refractivity contribution >= 4 is 5.69 Å². The van der Waals surface area contributed by atoms with Gasteiger partial charge in [-0.3, -0.25) is 0 Å². The highest BCUT2D eigenvalue weighted by atomic mass is 16.5. The molecule has 1 rings (SSSR count). The first-order valence-electron chi connectivity index (χ1n) is 5.28. The van der Waals surface area contributed by atoms with E-state index in [1.807, 2.05) is 38.1 Å². The van der Waals surface area contributed by atoms with Crippen molar-refractivity contribution in [1.82, 2.24) is 0 Å². The van der Waals surface area contributed by atoms with Gasteiger partial charge in [-0.2, -0.15) is 0 Å². The Morgan fingerprint density at radius 1 is 1.33 bits per heavy atom. The number of benzene rings is 1. The molecule has 1 unspecified atom stereocenters. The Hall–Kier alpha value is -1.06. The molecule has 1 atom stereocenters. The van der Waals surface area contributed by atoms with Crippen LogP contribution in [0.3, 0.4) is 0 Å². The highest BCUT2D eigenvalue weighted by Crippen LogP contribution is 2.08. The molecule has 0 saturated heterocycles. The Balaban J connectivity index is 2.27. The lowest BCUT2D eigenvalue weighted by atomic mass is 10.2. The van der Waals surface area contributed by atoms with Gasteiger partial charge in [-0.05, 0) is 26.0 Å². The van der Waals surface area contributed by atoms with Crippen molar-refractivity contribution in [2.45, 2.75) is 20.0 Å². The van der Waals surface area contributed by atoms with Crippen LogP contribution in [0.2, 0.25) is 0 Å². The third-order valence-electron chi connectivity index (χ3n) is 2.11. The van der Waals surface area contributed by atoms with Crippen LogP contribution in [0.25, 0.3) is 0 Å². The van der Waals surface area contributed by atoms with Gasteiger partial charge in [0.25, 0.3) is 0 Å². The van der Waals surface area contributed by atoms with Gasteiger partial charge in [0.2, 0.25) is 0 Å². The first kappa shape index (κ1) is 12.0. The number of ether oxygens (including phenoxy) is 1. The van der Waals surface area contributed by atoms with Crippen molar-refractivity contribution in [3.63, 3.8) is 0 Å². The Morgan fingerprint density at radius 2 is 2.00 bits per heavy atom. The van der Waals surface area contributed by atoms with E-state index in [1.165, 1.54) is 5.56 Å². The number of aliphatic hydroxyl groups is 1. The van der Waals surface area contributed by atoms with Crippen LogP contribution in [0.15, 0.2) is 24.3 Å². The van der Waals surface area contributed by atoms with Crippen molar-refractivity contribution in [3.05, 3.63) is 29.8 Å². The highest BCUT2D eigenvalue weighted by Gasteiger charge is 2.02. The largest absolute Gasteiger partial charge is 0.389 e. The van der Waals surface area contributed by atoms with Gasteiger partial charge >= 0.3 is 0 Å². The lowest BCUT2D eigenvalue weighted by Gasteiger charge is -2.12. The minimum Gasteiger partial charge on any atom is -0.389 e. The molecule has 1 aromatic rings. The first-order chi connectivity index (χ1) is 7.22. The van der Waals surface area contributed by atoms with Gasteiger partial charge in [-0.15, -0.1) is 0 Å². The lowest BCUT2D eigenvalue weighted by Crippen LogP contribution is -2.24. The van der Waals surface area contributed by atoms with E-state index in [9.17, 15) is 5.11 Å². The molecular weight excluding hydrogens is 190 g/mol. The Kier molecular flexibility index (Phi) is 5.15. The van der Waals surface area contributed by atoms with E-state index in [4.69, 9.17) is 4.74 Å². The van der Waals surface area contributed by atoms with E-state index in [-0.39, 0.29) is 0 Å². The number of hydrogen-bond donors (Lipinski definition) is 2. The number of nitrogens with one attached hydrogen (secondary N) is 1. The summed E-state index contributed by atoms with van der Waals surface area (Å²) in [6, 6.07) is 8.08. The molecule has 15 heavy (non-hydrogen) atoms. The van der Waals surface area contributed by atoms with Gasteiger partial charge in [0.1, 0.15) is 0 Å². The van der Waals surface area contributed by atoms with Crippen molar-refractivity contribution in [2.24, 2.45) is 0 Å². The fraction of sp³-hybridized carbons (Fsp3) is 0.500. The van der Waals surface area contributed by atoms with Crippen LogP contribution < -0.4 is 5.32 Å². The van der Waals surface area contributed by atoms with Crippen molar-refractivity contribution in [3.8, 4) is 0 Å². The second-order valence-electron chi connectivity index (χ2n) is 3.56. The Bertz CT molecular complexity index is 271. The summed E-state index contributed by atoms with van der Waals surface area (Å²) >= 11 is 0. The molecular formula is C12H19NO2. The SMILES string of the molecule is CCOCC(O)CNc1ccc(C)cc1. The van der Waals surface area contributed by atoms with E-state index < -0.39 is 6.10 Å². The van der Waals surface area contributed by atoms with Crippen LogP contribution in [0.4, 0.5) is 5.69 Å². The molecule has 0 heterocycles. The molecule has 0 saturated carbocycles. The molecule has 84 valence electrons. The number of aryl methyl sites for hydroxylation is 1. The van der Waals surface area contributed by atoms with Crippen LogP contribution in [0, 0.1) is 6.92 Å². The third-order valence-corrected chi connectivity index (χ3v) is 2.11. The lowest BCUT2D eigenvalue weighted by molar-refractivity contribution is 0.0496. The van der Waals surface area contributed by atoms with E-state index in [1.54, 1.807) is 0 Å². The standard InChI is InChI=1S/C12H19NO2/c1-3-15-9-12(14)8-13-11-6-4-10(2)5-7-11/h4-7,12-14H,3,8-9H2,1-2H3. The predicted octanol–water partition coefficient (Wildman–Crippen LogP) is 1.80. The summed E-state index contributed by atoms with van der Waals surface area (Å²) in [6.45, 7) is 5.51. The summed E-state index contributed by atoms with van der Waals surface area (Å²) in [5.74, 6) is 0. The van der Waals surface area contributed by atoms with Crippen LogP contribution in [-0.4, -0.2) is 31.0 Å². The molecule has 0 spiro atoms. The summed E-state index contributed by atoms with van der Waals surface area (Å²) in [5.41, 5.74) is 2.26. The minimum absolute atomic E-state index is 0.384. The summed E-state index contributed by atoms with van der Waals surface area (Å²) in [4.78, 5) is 0. The van der Waals surface area contributed by atoms with Crippen molar-refractivity contribution < 1.29 is 9.84 Å². The van der Waals surface area contributed by atoms with E-state index >= 15 is 0 Å². The van der Waals surface area contributed by atoms with Gasteiger partial charge in [0, 0.05) is 18.8 Å². The maximum Gasteiger partial charge on any atom is 0.0945 e. The van der Waals surface area contributed by atoms with Gasteiger partial charge in [0.05, 0.1) is 12.7 Å². The number of aliphatic hydroxyl groups excluding tert-OH is 1. The zero-order valence-corrected chi connectivity index (χ0v) is 9.36. The predicted molar refractivity (Wildman–Crippen MR) is 62.2 cm³/mol. The van der Waals surface area contributed by atoms with Gasteiger partial charge in [-0.1, -0.05) is 17.7 Å². The maximum atomic E-state index is 9.51. The fourth-order valence-corrected chi connectivity index (χ4v) is 1.22. The van der Waals surface area contributed by atoms with E-state index in [2.05, 4.69) is 5.32 Å². The normalized spacial score (nSPS) is 12.5. The van der Waals surface area contributed by atoms with Crippen LogP contribution in [0.1, 0.15) is 12.5 Å². The molecule has 0 aliphatic rings. The second-order valence-corrected chi connectivity index (χ2v) is 3.56. The van der Waals surface area contributed by atoms with E-state index in [0.717, 1.165) is 5.69 Å². The average Bonchev–Trinajstić information content (AvgIpc) is 2.25. The van der Waals surface area contributed by atoms with Crippen LogP contribution >= 0.6 is 0 Å². The minimum atomic E-state index is -0.453. The summed E-state index contributed by atoms with van der Waals surface area (Å²) in [6.07, 6.45) is -0.453. The van der Waals surface area contributed by atoms with Crippen LogP contribution in [0.5, 0.6) is 0 Å². The number of anilines is 1. The number of hydrogen-bond acceptors (Lipinski definition) is 3. The number of rotatable bonds is 6. The summed E-state index contributed by atoms with van der Waals surface area (Å²) in [5, 5.41) is 12.7. The van der Waals surface area contributed by atoms with Crippen molar-refractivity contribution in [2.75, 3.05) is 25.1 Å². The molecule has 3 nitrogen and oxygen atoms in total. The average molecular weight is 209 g/mol. The monoisotopic (exact) mass is 209 g/mol. The Morgan fingerprint density at radius 3 is 2.60 bits per heavy atom. The molecule has 2 N–H and O–H groups in total. The molecule has 3 heteroatoms. The fourth-order valence-electron chi connectivity index (χ4n) is 1.22. The molecule has 0 bridgehead atoms. The summed E-state index contributed by atoms with van der Waals surface area (Å²) in [7, 11) is 0. The molecule has 0 aromatic heterocycles. The van der Waals surface area contributed by atoms with Gasteiger partial charge in [-0.25, -0.2) is 0 Å². The quantitative estimate of drug-likeness (QED) is 0.750. The third kappa shape index (κ3) is 4.81. The molecule has 0 amide bonds. The smallest absolute Gasteiger partial charge is 0.0945 e. The molecule has 0 aliphatic carbocycles. The second kappa shape index (κ2) is 6.43. The van der Waals surface area contributed by atoms with E-state index in [0.29, 0.717) is 19.8 Å². The highest BCUT2D eigenvalue weighted by molar-refractivity contribution is 5.44. The molecule has 0 radical (unpaired) electrons. The van der Waals surface area contributed by atoms with Gasteiger partial charge in [0.15, 0.2) is 0 Å². The van der Waals surface area contributed by atoms with Crippen molar-refractivity contribution in [1.29, 1.82) is 0 Å². The zero-order chi connectivity index (χ0) is 11.1. The zero-order valence-electron chi connectivity index (χ0n) is 9.36.